The number of carbonyl (C=O) groups is 2. The van der Waals surface area contributed by atoms with E-state index < -0.39 is 5.91 Å². The lowest BCUT2D eigenvalue weighted by atomic mass is 10.1. The van der Waals surface area contributed by atoms with Gasteiger partial charge in [0.15, 0.2) is 11.5 Å². The number of carbonyl (C=O) groups excluding carboxylic acids is 2. The molecule has 2 aromatic carbocycles. The fraction of sp³-hybridized carbons (Fsp3) is 0.111. The number of phenolic OH excluding ortho intramolecular Hbond substituents is 1. The third-order valence-electron chi connectivity index (χ3n) is 3.70. The third-order valence-corrected chi connectivity index (χ3v) is 5.14. The van der Waals surface area contributed by atoms with Crippen LogP contribution in [0.2, 0.25) is 10.0 Å². The first-order valence-electron chi connectivity index (χ1n) is 7.45. The van der Waals surface area contributed by atoms with Gasteiger partial charge in [-0.3, -0.25) is 14.5 Å². The summed E-state index contributed by atoms with van der Waals surface area (Å²) in [5, 5.41) is 10.1. The predicted molar refractivity (Wildman–Crippen MR) is 103 cm³/mol. The Morgan fingerprint density at radius 2 is 1.88 bits per heavy atom. The van der Waals surface area contributed by atoms with Gasteiger partial charge in [0.25, 0.3) is 11.1 Å². The molecule has 1 heterocycles. The van der Waals surface area contributed by atoms with Gasteiger partial charge in [0.1, 0.15) is 0 Å². The molecule has 1 N–H and O–H groups in total. The molecular formula is C18H13Cl2NO4S. The highest BCUT2D eigenvalue weighted by Gasteiger charge is 2.35. The average molecular weight is 410 g/mol. The number of aromatic hydroxyl groups is 1. The van der Waals surface area contributed by atoms with Crippen molar-refractivity contribution < 1.29 is 19.4 Å². The van der Waals surface area contributed by atoms with Gasteiger partial charge in [0.2, 0.25) is 0 Å². The lowest BCUT2D eigenvalue weighted by Crippen LogP contribution is -2.27. The van der Waals surface area contributed by atoms with Gasteiger partial charge in [0, 0.05) is 5.02 Å². The van der Waals surface area contributed by atoms with Gasteiger partial charge in [-0.1, -0.05) is 35.3 Å². The van der Waals surface area contributed by atoms with E-state index in [2.05, 4.69) is 0 Å². The maximum absolute atomic E-state index is 12.6. The molecule has 0 bridgehead atoms. The van der Waals surface area contributed by atoms with Crippen LogP contribution < -0.4 is 4.74 Å². The molecule has 0 aromatic heterocycles. The summed E-state index contributed by atoms with van der Waals surface area (Å²) in [4.78, 5) is 26.2. The smallest absolute Gasteiger partial charge is 0.293 e. The molecule has 0 aliphatic carbocycles. The van der Waals surface area contributed by atoms with Crippen LogP contribution in [0.3, 0.4) is 0 Å². The number of hydrogen-bond acceptors (Lipinski definition) is 5. The maximum atomic E-state index is 12.6. The van der Waals surface area contributed by atoms with E-state index in [0.29, 0.717) is 10.6 Å². The Labute approximate surface area is 164 Å². The molecule has 3 rings (SSSR count). The zero-order valence-electron chi connectivity index (χ0n) is 13.5. The monoisotopic (exact) mass is 409 g/mol. The topological polar surface area (TPSA) is 66.8 Å². The third kappa shape index (κ3) is 3.82. The van der Waals surface area contributed by atoms with Crippen molar-refractivity contribution in [3.63, 3.8) is 0 Å². The van der Waals surface area contributed by atoms with Crippen LogP contribution in [-0.2, 0) is 11.3 Å². The normalized spacial score (nSPS) is 15.8. The van der Waals surface area contributed by atoms with Gasteiger partial charge in [-0.15, -0.1) is 0 Å². The van der Waals surface area contributed by atoms with Gasteiger partial charge in [0.05, 0.1) is 23.6 Å². The number of benzene rings is 2. The minimum absolute atomic E-state index is 0.0935. The summed E-state index contributed by atoms with van der Waals surface area (Å²) in [5.41, 5.74) is 1.34. The van der Waals surface area contributed by atoms with Crippen LogP contribution >= 0.6 is 35.0 Å². The Bertz CT molecular complexity index is 912. The Balaban J connectivity index is 1.85. The zero-order chi connectivity index (χ0) is 18.8. The van der Waals surface area contributed by atoms with E-state index in [1.807, 2.05) is 0 Å². The fourth-order valence-electron chi connectivity index (χ4n) is 2.39. The number of rotatable bonds is 4. The largest absolute Gasteiger partial charge is 0.503 e. The molecule has 2 aromatic rings. The van der Waals surface area contributed by atoms with E-state index in [0.717, 1.165) is 17.3 Å². The molecule has 1 aliphatic heterocycles. The first kappa shape index (κ1) is 18.6. The van der Waals surface area contributed by atoms with Crippen molar-refractivity contribution in [3.8, 4) is 11.5 Å². The van der Waals surface area contributed by atoms with Crippen LogP contribution in [0.25, 0.3) is 6.08 Å². The Hall–Kier alpha value is -2.15. The van der Waals surface area contributed by atoms with Gasteiger partial charge >= 0.3 is 0 Å². The number of nitrogens with zero attached hydrogens (tertiary/aromatic N) is 1. The summed E-state index contributed by atoms with van der Waals surface area (Å²) in [6, 6.07) is 9.97. The van der Waals surface area contributed by atoms with Crippen molar-refractivity contribution in [2.45, 2.75) is 6.54 Å². The highest BCUT2D eigenvalue weighted by molar-refractivity contribution is 8.18. The van der Waals surface area contributed by atoms with Crippen molar-refractivity contribution in [3.05, 3.63) is 62.5 Å². The summed E-state index contributed by atoms with van der Waals surface area (Å²) in [6.45, 7) is 0.166. The average Bonchev–Trinajstić information content (AvgIpc) is 2.87. The molecule has 0 unspecified atom stereocenters. The molecule has 1 saturated heterocycles. The van der Waals surface area contributed by atoms with Crippen LogP contribution in [-0.4, -0.2) is 28.3 Å². The number of halogens is 2. The minimum Gasteiger partial charge on any atom is -0.503 e. The lowest BCUT2D eigenvalue weighted by molar-refractivity contribution is -0.123. The van der Waals surface area contributed by atoms with Gasteiger partial charge in [-0.2, -0.15) is 0 Å². The summed E-state index contributed by atoms with van der Waals surface area (Å²) < 4.78 is 5.05. The fourth-order valence-corrected chi connectivity index (χ4v) is 3.58. The molecule has 5 nitrogen and oxygen atoms in total. The van der Waals surface area contributed by atoms with Gasteiger partial charge in [-0.25, -0.2) is 0 Å². The van der Waals surface area contributed by atoms with Gasteiger partial charge < -0.3 is 9.84 Å². The van der Waals surface area contributed by atoms with E-state index in [4.69, 9.17) is 27.9 Å². The van der Waals surface area contributed by atoms with Crippen molar-refractivity contribution >= 4 is 52.2 Å². The summed E-state index contributed by atoms with van der Waals surface area (Å²) >= 11 is 12.7. The first-order chi connectivity index (χ1) is 12.4. The van der Waals surface area contributed by atoms with Crippen LogP contribution in [0.1, 0.15) is 11.1 Å². The van der Waals surface area contributed by atoms with Crippen molar-refractivity contribution in [1.29, 1.82) is 0 Å². The van der Waals surface area contributed by atoms with Crippen LogP contribution in [0.15, 0.2) is 41.3 Å². The molecule has 8 heteroatoms. The summed E-state index contributed by atoms with van der Waals surface area (Å²) in [5.74, 6) is -0.385. The molecule has 1 aliphatic rings. The summed E-state index contributed by atoms with van der Waals surface area (Å²) in [7, 11) is 1.40. The second kappa shape index (κ2) is 7.61. The molecule has 0 radical (unpaired) electrons. The van der Waals surface area contributed by atoms with Crippen LogP contribution in [0.4, 0.5) is 4.79 Å². The second-order valence-corrected chi connectivity index (χ2v) is 7.28. The zero-order valence-corrected chi connectivity index (χ0v) is 15.9. The molecule has 0 spiro atoms. The van der Waals surface area contributed by atoms with E-state index in [9.17, 15) is 14.7 Å². The molecule has 0 atom stereocenters. The van der Waals surface area contributed by atoms with Crippen molar-refractivity contribution in [2.24, 2.45) is 0 Å². The van der Waals surface area contributed by atoms with E-state index in [1.165, 1.54) is 24.1 Å². The molecule has 26 heavy (non-hydrogen) atoms. The number of imide groups is 1. The lowest BCUT2D eigenvalue weighted by Gasteiger charge is -2.12. The Morgan fingerprint density at radius 3 is 2.54 bits per heavy atom. The highest BCUT2D eigenvalue weighted by Crippen LogP contribution is 2.38. The Kier molecular flexibility index (Phi) is 5.46. The van der Waals surface area contributed by atoms with Gasteiger partial charge in [-0.05, 0) is 53.2 Å². The van der Waals surface area contributed by atoms with E-state index >= 15 is 0 Å². The highest BCUT2D eigenvalue weighted by atomic mass is 35.5. The minimum atomic E-state index is -0.391. The predicted octanol–water partition coefficient (Wildman–Crippen LogP) is 4.94. The molecular weight excluding hydrogens is 397 g/mol. The summed E-state index contributed by atoms with van der Waals surface area (Å²) in [6.07, 6.45) is 1.54. The molecule has 0 saturated carbocycles. The number of amides is 2. The van der Waals surface area contributed by atoms with Crippen LogP contribution in [0, 0.1) is 0 Å². The number of thioether (sulfide) groups is 1. The molecule has 2 amide bonds. The van der Waals surface area contributed by atoms with Crippen LogP contribution in [0.5, 0.6) is 11.5 Å². The number of phenols is 1. The van der Waals surface area contributed by atoms with E-state index in [-0.39, 0.29) is 33.2 Å². The molecule has 134 valence electrons. The number of hydrogen-bond donors (Lipinski definition) is 1. The SMILES string of the molecule is COc1cc(C=C2SC(=O)N(Cc3ccc(Cl)cc3)C2=O)cc(Cl)c1O. The van der Waals surface area contributed by atoms with Crippen molar-refractivity contribution in [2.75, 3.05) is 7.11 Å². The first-order valence-corrected chi connectivity index (χ1v) is 9.02. The number of methoxy groups -OCH3 is 1. The van der Waals surface area contributed by atoms with Crippen molar-refractivity contribution in [1.82, 2.24) is 4.90 Å². The molecule has 1 fully saturated rings. The number of ether oxygens (including phenoxy) is 1. The standard InChI is InChI=1S/C18H13Cl2NO4S/c1-25-14-7-11(6-13(20)16(14)22)8-15-17(23)21(18(24)26-15)9-10-2-4-12(19)5-3-10/h2-8,22H,9H2,1H3. The second-order valence-electron chi connectivity index (χ2n) is 5.45. The van der Waals surface area contributed by atoms with E-state index in [1.54, 1.807) is 30.3 Å². The maximum Gasteiger partial charge on any atom is 0.293 e. The quantitative estimate of drug-likeness (QED) is 0.723. The Morgan fingerprint density at radius 1 is 1.19 bits per heavy atom.